The number of hydrogen-bond donors (Lipinski definition) is 0. The molecular weight excluding hydrogens is 459 g/mol. The molecular formula is C17H20Cl2N4O4S2. The Hall–Kier alpha value is -1.07. The molecule has 2 aliphatic heterocycles. The van der Waals surface area contributed by atoms with Gasteiger partial charge < -0.3 is 9.64 Å². The third kappa shape index (κ3) is 4.82. The number of halogens is 2. The number of ether oxygens (including phenoxy) is 1. The van der Waals surface area contributed by atoms with Crippen molar-refractivity contribution in [3.8, 4) is 0 Å². The Bertz CT molecular complexity index is 1020. The Morgan fingerprint density at radius 3 is 2.86 bits per heavy atom. The van der Waals surface area contributed by atoms with Crippen LogP contribution in [0.3, 0.4) is 0 Å². The van der Waals surface area contributed by atoms with Crippen LogP contribution in [0.1, 0.15) is 19.3 Å². The highest BCUT2D eigenvalue weighted by Crippen LogP contribution is 2.27. The molecule has 2 aromatic rings. The Kier molecular flexibility index (Phi) is 6.27. The lowest BCUT2D eigenvalue weighted by molar-refractivity contribution is -0.131. The molecule has 2 saturated heterocycles. The first-order valence-electron chi connectivity index (χ1n) is 9.26. The molecule has 2 aromatic heterocycles. The number of carbonyl (C=O) groups is 1. The zero-order valence-electron chi connectivity index (χ0n) is 15.5. The molecule has 0 spiro atoms. The van der Waals surface area contributed by atoms with Crippen LogP contribution < -0.4 is 0 Å². The largest absolute Gasteiger partial charge is 0.376 e. The molecule has 0 radical (unpaired) electrons. The Morgan fingerprint density at radius 1 is 1.34 bits per heavy atom. The summed E-state index contributed by atoms with van der Waals surface area (Å²) in [6.45, 7) is 1.09. The van der Waals surface area contributed by atoms with Crippen LogP contribution in [-0.4, -0.2) is 76.4 Å². The molecule has 1 amide bonds. The summed E-state index contributed by atoms with van der Waals surface area (Å²) >= 11 is 13.4. The van der Waals surface area contributed by atoms with Crippen LogP contribution in [0.15, 0.2) is 17.4 Å². The van der Waals surface area contributed by atoms with Crippen molar-refractivity contribution in [2.24, 2.45) is 0 Å². The summed E-state index contributed by atoms with van der Waals surface area (Å²) in [6, 6.07) is 1.27. The summed E-state index contributed by atoms with van der Waals surface area (Å²) in [4.78, 5) is 14.7. The molecule has 2 fully saturated rings. The fourth-order valence-corrected chi connectivity index (χ4v) is 6.73. The molecule has 0 bridgehead atoms. The third-order valence-corrected chi connectivity index (χ3v) is 8.28. The number of sulfone groups is 1. The fraction of sp³-hybridized carbons (Fsp3) is 0.588. The van der Waals surface area contributed by atoms with Crippen molar-refractivity contribution in [2.45, 2.75) is 36.6 Å². The van der Waals surface area contributed by atoms with Gasteiger partial charge in [0.1, 0.15) is 0 Å². The van der Waals surface area contributed by atoms with Crippen LogP contribution >= 0.6 is 35.0 Å². The van der Waals surface area contributed by atoms with Gasteiger partial charge >= 0.3 is 0 Å². The van der Waals surface area contributed by atoms with E-state index in [1.165, 1.54) is 11.8 Å². The maximum absolute atomic E-state index is 13.0. The minimum Gasteiger partial charge on any atom is -0.376 e. The van der Waals surface area contributed by atoms with E-state index in [0.717, 1.165) is 12.8 Å². The maximum Gasteiger partial charge on any atom is 0.233 e. The second-order valence-corrected chi connectivity index (χ2v) is 11.2. The van der Waals surface area contributed by atoms with Crippen molar-refractivity contribution < 1.29 is 17.9 Å². The second kappa shape index (κ2) is 8.58. The van der Waals surface area contributed by atoms with Gasteiger partial charge in [0.05, 0.1) is 33.4 Å². The number of rotatable bonds is 6. The molecule has 4 heterocycles. The molecule has 2 aliphatic rings. The van der Waals surface area contributed by atoms with E-state index in [1.54, 1.807) is 21.6 Å². The molecule has 0 aliphatic carbocycles. The topological polar surface area (TPSA) is 93.9 Å². The van der Waals surface area contributed by atoms with Gasteiger partial charge in [0.15, 0.2) is 20.6 Å². The summed E-state index contributed by atoms with van der Waals surface area (Å²) < 4.78 is 31.2. The minimum atomic E-state index is -3.10. The number of thioether (sulfide) groups is 1. The average Bonchev–Trinajstić information content (AvgIpc) is 3.38. The van der Waals surface area contributed by atoms with E-state index in [4.69, 9.17) is 27.9 Å². The van der Waals surface area contributed by atoms with Gasteiger partial charge in [-0.25, -0.2) is 8.42 Å². The number of fused-ring (bicyclic) bond motifs is 1. The van der Waals surface area contributed by atoms with E-state index in [2.05, 4.69) is 10.2 Å². The highest BCUT2D eigenvalue weighted by Gasteiger charge is 2.36. The molecule has 0 unspecified atom stereocenters. The first-order chi connectivity index (χ1) is 13.8. The van der Waals surface area contributed by atoms with E-state index in [0.29, 0.717) is 40.4 Å². The van der Waals surface area contributed by atoms with E-state index in [-0.39, 0.29) is 35.3 Å². The van der Waals surface area contributed by atoms with Crippen molar-refractivity contribution in [3.05, 3.63) is 22.3 Å². The quantitative estimate of drug-likeness (QED) is 0.587. The molecule has 0 aromatic carbocycles. The lowest BCUT2D eigenvalue weighted by atomic mass is 10.1. The van der Waals surface area contributed by atoms with E-state index >= 15 is 0 Å². The summed E-state index contributed by atoms with van der Waals surface area (Å²) in [5.74, 6) is 0.0902. The lowest BCUT2D eigenvalue weighted by Crippen LogP contribution is -2.46. The van der Waals surface area contributed by atoms with Crippen molar-refractivity contribution in [1.29, 1.82) is 0 Å². The van der Waals surface area contributed by atoms with E-state index in [1.807, 2.05) is 0 Å². The zero-order chi connectivity index (χ0) is 20.6. The molecule has 8 nitrogen and oxygen atoms in total. The van der Waals surface area contributed by atoms with Crippen LogP contribution in [0.5, 0.6) is 0 Å². The van der Waals surface area contributed by atoms with Crippen LogP contribution in [0.25, 0.3) is 5.65 Å². The normalized spacial score (nSPS) is 23.7. The molecule has 2 atom stereocenters. The van der Waals surface area contributed by atoms with Gasteiger partial charge in [0.25, 0.3) is 0 Å². The Morgan fingerprint density at radius 2 is 2.17 bits per heavy atom. The standard InChI is InChI=1S/C17H20Cl2N4O4S2/c18-11-6-14(19)16-20-21-17(23(16)7-11)28-9-15(24)22(8-13-2-1-4-27-13)12-3-5-29(25,26)10-12/h6-7,12-13H,1-5,8-10H2/t12-,13-/m0/s1. The Labute approximate surface area is 182 Å². The van der Waals surface area contributed by atoms with E-state index < -0.39 is 9.84 Å². The Balaban J connectivity index is 1.49. The second-order valence-electron chi connectivity index (χ2n) is 7.21. The number of pyridine rings is 1. The lowest BCUT2D eigenvalue weighted by Gasteiger charge is -2.30. The highest BCUT2D eigenvalue weighted by molar-refractivity contribution is 7.99. The van der Waals surface area contributed by atoms with Crippen molar-refractivity contribution in [3.63, 3.8) is 0 Å². The highest BCUT2D eigenvalue weighted by atomic mass is 35.5. The maximum atomic E-state index is 13.0. The number of carbonyl (C=O) groups excluding carboxylic acids is 1. The van der Waals surface area contributed by atoms with E-state index in [9.17, 15) is 13.2 Å². The molecule has 0 saturated carbocycles. The molecule has 12 heteroatoms. The van der Waals surface area contributed by atoms with Gasteiger partial charge in [0, 0.05) is 25.4 Å². The van der Waals surface area contributed by atoms with Gasteiger partial charge in [-0.3, -0.25) is 9.20 Å². The monoisotopic (exact) mass is 478 g/mol. The third-order valence-electron chi connectivity index (χ3n) is 5.11. The first kappa shape index (κ1) is 21.2. The minimum absolute atomic E-state index is 0.00913. The first-order valence-corrected chi connectivity index (χ1v) is 12.8. The number of hydrogen-bond acceptors (Lipinski definition) is 7. The zero-order valence-corrected chi connectivity index (χ0v) is 18.6. The van der Waals surface area contributed by atoms with Crippen LogP contribution in [0.4, 0.5) is 0 Å². The summed E-state index contributed by atoms with van der Waals surface area (Å²) in [7, 11) is -3.10. The van der Waals surface area contributed by atoms with Gasteiger partial charge in [-0.1, -0.05) is 35.0 Å². The summed E-state index contributed by atoms with van der Waals surface area (Å²) in [5.41, 5.74) is 0.462. The van der Waals surface area contributed by atoms with Gasteiger partial charge in [-0.2, -0.15) is 0 Å². The van der Waals surface area contributed by atoms with Gasteiger partial charge in [-0.15, -0.1) is 10.2 Å². The predicted octanol–water partition coefficient (Wildman–Crippen LogP) is 2.32. The van der Waals surface area contributed by atoms with Gasteiger partial charge in [0.2, 0.25) is 5.91 Å². The summed E-state index contributed by atoms with van der Waals surface area (Å²) in [5, 5.41) is 9.44. The smallest absolute Gasteiger partial charge is 0.233 e. The molecule has 4 rings (SSSR count). The summed E-state index contributed by atoms with van der Waals surface area (Å²) in [6.07, 6.45) is 3.90. The average molecular weight is 479 g/mol. The SMILES string of the molecule is O=C(CSc1nnc2c(Cl)cc(Cl)cn12)N(C[C@@H]1CCCO1)[C@H]1CCS(=O)(=O)C1. The van der Waals surface area contributed by atoms with Crippen molar-refractivity contribution in [1.82, 2.24) is 19.5 Å². The molecule has 158 valence electrons. The number of amides is 1. The van der Waals surface area contributed by atoms with Crippen LogP contribution in [-0.2, 0) is 19.4 Å². The number of aromatic nitrogens is 3. The fourth-order valence-electron chi connectivity index (χ4n) is 3.69. The number of nitrogens with zero attached hydrogens (tertiary/aromatic N) is 4. The van der Waals surface area contributed by atoms with Crippen LogP contribution in [0.2, 0.25) is 10.0 Å². The van der Waals surface area contributed by atoms with Crippen molar-refractivity contribution >= 4 is 56.4 Å². The van der Waals surface area contributed by atoms with Crippen LogP contribution in [0, 0.1) is 0 Å². The molecule has 29 heavy (non-hydrogen) atoms. The predicted molar refractivity (Wildman–Crippen MR) is 111 cm³/mol. The van der Waals surface area contributed by atoms with Crippen molar-refractivity contribution in [2.75, 3.05) is 30.4 Å². The molecule has 0 N–H and O–H groups in total. The van der Waals surface area contributed by atoms with Gasteiger partial charge in [-0.05, 0) is 25.3 Å².